The quantitative estimate of drug-likeness (QED) is 0.380. The number of aliphatic hydroxyl groups excluding tert-OH is 1. The lowest BCUT2D eigenvalue weighted by Gasteiger charge is -1.91. The molecular weight excluding hydrogens is 252 g/mol. The van der Waals surface area contributed by atoms with Gasteiger partial charge in [-0.3, -0.25) is 0 Å². The van der Waals surface area contributed by atoms with Gasteiger partial charge in [-0.05, 0) is 12.5 Å². The number of aliphatic hydroxyl groups is 1. The number of carbonyl (C=O) groups excluding carboxylic acids is 1. The molecule has 0 saturated carbocycles. The summed E-state index contributed by atoms with van der Waals surface area (Å²) in [5.41, 5.74) is 1.21. The van der Waals surface area contributed by atoms with Crippen LogP contribution in [0, 0.1) is 0 Å². The Labute approximate surface area is 120 Å². The van der Waals surface area contributed by atoms with Crippen LogP contribution in [0.25, 0.3) is 6.08 Å². The van der Waals surface area contributed by atoms with Gasteiger partial charge in [0.15, 0.2) is 0 Å². The molecule has 0 unspecified atom stereocenters. The van der Waals surface area contributed by atoms with Crippen LogP contribution >= 0.6 is 0 Å². The predicted molar refractivity (Wildman–Crippen MR) is 83.2 cm³/mol. The molecule has 3 nitrogen and oxygen atoms in total. The molecule has 3 heteroatoms. The standard InChI is InChI=1S/C12H12.C5H8O3/c1-2-3-4-6-9-12-10-7-5-8-11-12;1-2-8-5(7)3-4-6/h2-11H,1H2;3-4,6H,2H2,1H3. The number of rotatable bonds is 5. The topological polar surface area (TPSA) is 46.5 Å². The van der Waals surface area contributed by atoms with E-state index in [0.717, 1.165) is 6.08 Å². The summed E-state index contributed by atoms with van der Waals surface area (Å²) in [6, 6.07) is 10.2. The number of ether oxygens (including phenoxy) is 1. The second-order valence-electron chi connectivity index (χ2n) is 3.46. The van der Waals surface area contributed by atoms with Crippen LogP contribution in [0.3, 0.4) is 0 Å². The number of carbonyl (C=O) groups is 1. The SMILES string of the molecule is C=CC=CC=Cc1ccccc1.CCOC(=O)C=CO. The Bertz CT molecular complexity index is 456. The van der Waals surface area contributed by atoms with Crippen molar-refractivity contribution in [3.05, 3.63) is 79.1 Å². The lowest BCUT2D eigenvalue weighted by Crippen LogP contribution is -1.98. The van der Waals surface area contributed by atoms with Gasteiger partial charge < -0.3 is 9.84 Å². The molecule has 0 bridgehead atoms. The van der Waals surface area contributed by atoms with Gasteiger partial charge in [-0.25, -0.2) is 4.79 Å². The van der Waals surface area contributed by atoms with E-state index in [1.807, 2.05) is 36.4 Å². The minimum absolute atomic E-state index is 0.336. The lowest BCUT2D eigenvalue weighted by molar-refractivity contribution is -0.137. The van der Waals surface area contributed by atoms with Gasteiger partial charge in [-0.15, -0.1) is 0 Å². The first-order valence-electron chi connectivity index (χ1n) is 6.23. The molecule has 0 aliphatic carbocycles. The molecule has 0 spiro atoms. The summed E-state index contributed by atoms with van der Waals surface area (Å²) >= 11 is 0. The van der Waals surface area contributed by atoms with E-state index >= 15 is 0 Å². The fraction of sp³-hybridized carbons (Fsp3) is 0.118. The molecule has 0 amide bonds. The summed E-state index contributed by atoms with van der Waals surface area (Å²) < 4.78 is 4.40. The first-order valence-corrected chi connectivity index (χ1v) is 6.23. The van der Waals surface area contributed by atoms with Gasteiger partial charge in [0.2, 0.25) is 0 Å². The molecule has 20 heavy (non-hydrogen) atoms. The maximum absolute atomic E-state index is 10.2. The van der Waals surface area contributed by atoms with Crippen LogP contribution < -0.4 is 0 Å². The Morgan fingerprint density at radius 1 is 1.25 bits per heavy atom. The van der Waals surface area contributed by atoms with Crippen molar-refractivity contribution >= 4 is 12.0 Å². The Morgan fingerprint density at radius 2 is 1.95 bits per heavy atom. The number of hydrogen-bond acceptors (Lipinski definition) is 3. The highest BCUT2D eigenvalue weighted by Gasteiger charge is 1.89. The highest BCUT2D eigenvalue weighted by Crippen LogP contribution is 2.00. The van der Waals surface area contributed by atoms with E-state index in [4.69, 9.17) is 5.11 Å². The third-order valence-electron chi connectivity index (χ3n) is 1.94. The van der Waals surface area contributed by atoms with Crippen LogP contribution in [-0.2, 0) is 9.53 Å². The van der Waals surface area contributed by atoms with E-state index in [0.29, 0.717) is 12.9 Å². The van der Waals surface area contributed by atoms with Crippen molar-refractivity contribution in [1.29, 1.82) is 0 Å². The normalized spacial score (nSPS) is 10.4. The minimum Gasteiger partial charge on any atom is -0.515 e. The van der Waals surface area contributed by atoms with Gasteiger partial charge in [0.1, 0.15) is 0 Å². The molecule has 1 N–H and O–H groups in total. The minimum atomic E-state index is -0.519. The largest absolute Gasteiger partial charge is 0.515 e. The molecule has 0 radical (unpaired) electrons. The predicted octanol–water partition coefficient (Wildman–Crippen LogP) is 4.06. The molecule has 0 aliphatic heterocycles. The zero-order valence-electron chi connectivity index (χ0n) is 11.6. The summed E-state index contributed by atoms with van der Waals surface area (Å²) in [5, 5.41) is 7.98. The average Bonchev–Trinajstić information content (AvgIpc) is 2.46. The molecule has 1 aromatic carbocycles. The fourth-order valence-corrected chi connectivity index (χ4v) is 1.12. The Morgan fingerprint density at radius 3 is 2.50 bits per heavy atom. The van der Waals surface area contributed by atoms with Crippen molar-refractivity contribution in [2.45, 2.75) is 6.92 Å². The smallest absolute Gasteiger partial charge is 0.333 e. The first kappa shape index (κ1) is 17.4. The Balaban J connectivity index is 0.000000396. The van der Waals surface area contributed by atoms with Gasteiger partial charge in [-0.2, -0.15) is 0 Å². The van der Waals surface area contributed by atoms with E-state index in [1.165, 1.54) is 5.56 Å². The van der Waals surface area contributed by atoms with Gasteiger partial charge >= 0.3 is 5.97 Å². The monoisotopic (exact) mass is 272 g/mol. The second-order valence-corrected chi connectivity index (χ2v) is 3.46. The van der Waals surface area contributed by atoms with Crippen LogP contribution in [-0.4, -0.2) is 17.7 Å². The van der Waals surface area contributed by atoms with Crippen molar-refractivity contribution in [2.24, 2.45) is 0 Å². The maximum atomic E-state index is 10.2. The van der Waals surface area contributed by atoms with Crippen molar-refractivity contribution < 1.29 is 14.6 Å². The van der Waals surface area contributed by atoms with Crippen molar-refractivity contribution in [3.63, 3.8) is 0 Å². The van der Waals surface area contributed by atoms with Gasteiger partial charge in [0.25, 0.3) is 0 Å². The van der Waals surface area contributed by atoms with Crippen LogP contribution in [0.1, 0.15) is 12.5 Å². The van der Waals surface area contributed by atoms with Crippen molar-refractivity contribution in [3.8, 4) is 0 Å². The number of hydrogen-bond donors (Lipinski definition) is 1. The zero-order chi connectivity index (χ0) is 15.1. The van der Waals surface area contributed by atoms with Crippen LogP contribution in [0.2, 0.25) is 0 Å². The molecule has 1 aromatic rings. The molecule has 1 rings (SSSR count). The second kappa shape index (κ2) is 12.9. The first-order chi connectivity index (χ1) is 9.74. The van der Waals surface area contributed by atoms with E-state index < -0.39 is 5.97 Å². The lowest BCUT2D eigenvalue weighted by atomic mass is 10.2. The highest BCUT2D eigenvalue weighted by molar-refractivity contribution is 5.81. The molecular formula is C17H20O3. The highest BCUT2D eigenvalue weighted by atomic mass is 16.5. The van der Waals surface area contributed by atoms with Gasteiger partial charge in [-0.1, -0.05) is 67.3 Å². The van der Waals surface area contributed by atoms with E-state index in [-0.39, 0.29) is 0 Å². The summed E-state index contributed by atoms with van der Waals surface area (Å²) in [4.78, 5) is 10.2. The van der Waals surface area contributed by atoms with Crippen LogP contribution in [0.5, 0.6) is 0 Å². The van der Waals surface area contributed by atoms with Gasteiger partial charge in [0.05, 0.1) is 18.9 Å². The summed E-state index contributed by atoms with van der Waals surface area (Å²) in [5.74, 6) is -0.519. The summed E-state index contributed by atoms with van der Waals surface area (Å²) in [7, 11) is 0. The Hall–Kier alpha value is -2.55. The molecule has 0 fully saturated rings. The third kappa shape index (κ3) is 10.6. The van der Waals surface area contributed by atoms with Crippen molar-refractivity contribution in [2.75, 3.05) is 6.61 Å². The molecule has 0 saturated heterocycles. The third-order valence-corrected chi connectivity index (χ3v) is 1.94. The van der Waals surface area contributed by atoms with Crippen LogP contribution in [0.4, 0.5) is 0 Å². The number of allylic oxidation sites excluding steroid dienone is 4. The van der Waals surface area contributed by atoms with Gasteiger partial charge in [0, 0.05) is 0 Å². The fourth-order valence-electron chi connectivity index (χ4n) is 1.12. The van der Waals surface area contributed by atoms with E-state index in [9.17, 15) is 4.79 Å². The molecule has 0 aliphatic rings. The average molecular weight is 272 g/mol. The Kier molecular flexibility index (Phi) is 11.3. The molecule has 106 valence electrons. The summed E-state index contributed by atoms with van der Waals surface area (Å²) in [6.07, 6.45) is 11.3. The molecule has 0 aromatic heterocycles. The van der Waals surface area contributed by atoms with Crippen molar-refractivity contribution in [1.82, 2.24) is 0 Å². The summed E-state index contributed by atoms with van der Waals surface area (Å²) in [6.45, 7) is 5.62. The zero-order valence-corrected chi connectivity index (χ0v) is 11.6. The molecule has 0 atom stereocenters. The van der Waals surface area contributed by atoms with Crippen LogP contribution in [0.15, 0.2) is 73.6 Å². The molecule has 0 heterocycles. The van der Waals surface area contributed by atoms with E-state index in [2.05, 4.69) is 29.5 Å². The number of benzene rings is 1. The van der Waals surface area contributed by atoms with E-state index in [1.54, 1.807) is 13.0 Å². The number of esters is 1. The maximum Gasteiger partial charge on any atom is 0.333 e.